The molecule has 1 fully saturated rings. The monoisotopic (exact) mass is 263 g/mol. The summed E-state index contributed by atoms with van der Waals surface area (Å²) in [6.07, 6.45) is -0.0867. The van der Waals surface area contributed by atoms with E-state index in [1.165, 1.54) is 0 Å². The molecule has 0 radical (unpaired) electrons. The van der Waals surface area contributed by atoms with E-state index in [0.29, 0.717) is 25.3 Å². The molecule has 2 N–H and O–H groups in total. The SMILES string of the molecule is Cc1ccc(C(=O)N2CCOC(C(C)N)C2)c(C)n1. The number of aromatic nitrogens is 1. The van der Waals surface area contributed by atoms with E-state index in [1.807, 2.05) is 32.9 Å². The van der Waals surface area contributed by atoms with Gasteiger partial charge < -0.3 is 15.4 Å². The number of rotatable bonds is 2. The number of aryl methyl sites for hydroxylation is 2. The minimum Gasteiger partial charge on any atom is -0.373 e. The first kappa shape index (κ1) is 14.0. The van der Waals surface area contributed by atoms with Crippen LogP contribution in [0.4, 0.5) is 0 Å². The second-order valence-corrected chi connectivity index (χ2v) is 5.11. The fourth-order valence-electron chi connectivity index (χ4n) is 2.26. The van der Waals surface area contributed by atoms with Crippen molar-refractivity contribution in [2.24, 2.45) is 5.73 Å². The van der Waals surface area contributed by atoms with Gasteiger partial charge in [-0.15, -0.1) is 0 Å². The topological polar surface area (TPSA) is 68.5 Å². The van der Waals surface area contributed by atoms with Crippen LogP contribution in [0.5, 0.6) is 0 Å². The maximum Gasteiger partial charge on any atom is 0.255 e. The van der Waals surface area contributed by atoms with Crippen molar-refractivity contribution in [2.75, 3.05) is 19.7 Å². The van der Waals surface area contributed by atoms with Gasteiger partial charge in [0.2, 0.25) is 0 Å². The van der Waals surface area contributed by atoms with Crippen LogP contribution in [0, 0.1) is 13.8 Å². The van der Waals surface area contributed by atoms with Crippen molar-refractivity contribution >= 4 is 5.91 Å². The van der Waals surface area contributed by atoms with Gasteiger partial charge in [-0.3, -0.25) is 9.78 Å². The summed E-state index contributed by atoms with van der Waals surface area (Å²) in [6, 6.07) is 3.63. The molecule has 0 bridgehead atoms. The molecule has 1 amide bonds. The number of nitrogens with zero attached hydrogens (tertiary/aromatic N) is 2. The molecule has 104 valence electrons. The molecule has 2 heterocycles. The number of pyridine rings is 1. The zero-order valence-electron chi connectivity index (χ0n) is 11.7. The minimum atomic E-state index is -0.0867. The Bertz CT molecular complexity index is 474. The van der Waals surface area contributed by atoms with Crippen LogP contribution in [0.3, 0.4) is 0 Å². The predicted octanol–water partition coefficient (Wildman–Crippen LogP) is 0.887. The van der Waals surface area contributed by atoms with E-state index in [4.69, 9.17) is 10.5 Å². The van der Waals surface area contributed by atoms with Crippen LogP contribution in [0.25, 0.3) is 0 Å². The van der Waals surface area contributed by atoms with Crippen molar-refractivity contribution in [3.63, 3.8) is 0 Å². The lowest BCUT2D eigenvalue weighted by Gasteiger charge is -2.35. The van der Waals surface area contributed by atoms with E-state index in [1.54, 1.807) is 4.90 Å². The molecule has 0 aromatic carbocycles. The number of nitrogens with two attached hydrogens (primary N) is 1. The normalized spacial score (nSPS) is 21.3. The molecule has 1 saturated heterocycles. The van der Waals surface area contributed by atoms with E-state index < -0.39 is 0 Å². The summed E-state index contributed by atoms with van der Waals surface area (Å²) in [5.41, 5.74) is 8.20. The van der Waals surface area contributed by atoms with Gasteiger partial charge in [0, 0.05) is 24.8 Å². The first-order chi connectivity index (χ1) is 8.99. The fourth-order valence-corrected chi connectivity index (χ4v) is 2.26. The molecule has 5 nitrogen and oxygen atoms in total. The van der Waals surface area contributed by atoms with E-state index in [2.05, 4.69) is 4.98 Å². The average molecular weight is 263 g/mol. The Morgan fingerprint density at radius 1 is 1.53 bits per heavy atom. The lowest BCUT2D eigenvalue weighted by atomic mass is 10.1. The molecule has 0 saturated carbocycles. The Balaban J connectivity index is 2.15. The highest BCUT2D eigenvalue weighted by Crippen LogP contribution is 2.14. The summed E-state index contributed by atoms with van der Waals surface area (Å²) in [7, 11) is 0. The second kappa shape index (κ2) is 5.67. The molecule has 2 unspecified atom stereocenters. The second-order valence-electron chi connectivity index (χ2n) is 5.11. The summed E-state index contributed by atoms with van der Waals surface area (Å²) in [5.74, 6) is 0.0129. The zero-order chi connectivity index (χ0) is 14.0. The third-order valence-electron chi connectivity index (χ3n) is 3.42. The number of carbonyl (C=O) groups is 1. The summed E-state index contributed by atoms with van der Waals surface area (Å²) >= 11 is 0. The molecule has 1 aromatic heterocycles. The number of ether oxygens (including phenoxy) is 1. The molecular weight excluding hydrogens is 242 g/mol. The first-order valence-corrected chi connectivity index (χ1v) is 6.59. The first-order valence-electron chi connectivity index (χ1n) is 6.59. The van der Waals surface area contributed by atoms with Gasteiger partial charge in [0.15, 0.2) is 0 Å². The molecule has 1 aliphatic rings. The summed E-state index contributed by atoms with van der Waals surface area (Å²) in [5, 5.41) is 0. The van der Waals surface area contributed by atoms with Crippen LogP contribution in [0.15, 0.2) is 12.1 Å². The number of hydrogen-bond donors (Lipinski definition) is 1. The van der Waals surface area contributed by atoms with E-state index in [9.17, 15) is 4.79 Å². The predicted molar refractivity (Wildman–Crippen MR) is 73.0 cm³/mol. The molecule has 1 aromatic rings. The van der Waals surface area contributed by atoms with Crippen LogP contribution < -0.4 is 5.73 Å². The quantitative estimate of drug-likeness (QED) is 0.860. The standard InChI is InChI=1S/C14H21N3O2/c1-9-4-5-12(11(3)16-9)14(18)17-6-7-19-13(8-17)10(2)15/h4-5,10,13H,6-8,15H2,1-3H3. The van der Waals surface area contributed by atoms with E-state index in [0.717, 1.165) is 11.4 Å². The smallest absolute Gasteiger partial charge is 0.255 e. The molecule has 2 atom stereocenters. The van der Waals surface area contributed by atoms with Crippen molar-refractivity contribution in [1.29, 1.82) is 0 Å². The average Bonchev–Trinajstić information content (AvgIpc) is 2.38. The van der Waals surface area contributed by atoms with Crippen molar-refractivity contribution in [1.82, 2.24) is 9.88 Å². The largest absolute Gasteiger partial charge is 0.373 e. The lowest BCUT2D eigenvalue weighted by Crippen LogP contribution is -2.51. The summed E-state index contributed by atoms with van der Waals surface area (Å²) in [4.78, 5) is 18.6. The van der Waals surface area contributed by atoms with Crippen LogP contribution in [-0.2, 0) is 4.74 Å². The third kappa shape index (κ3) is 3.11. The molecule has 5 heteroatoms. The van der Waals surface area contributed by atoms with Crippen molar-refractivity contribution in [3.8, 4) is 0 Å². The van der Waals surface area contributed by atoms with Crippen LogP contribution in [0.1, 0.15) is 28.7 Å². The number of morpholine rings is 1. The van der Waals surface area contributed by atoms with E-state index in [-0.39, 0.29) is 18.1 Å². The van der Waals surface area contributed by atoms with Gasteiger partial charge in [-0.05, 0) is 32.9 Å². The van der Waals surface area contributed by atoms with Crippen molar-refractivity contribution < 1.29 is 9.53 Å². The van der Waals surface area contributed by atoms with Crippen LogP contribution in [-0.4, -0.2) is 47.6 Å². The number of carbonyl (C=O) groups excluding carboxylic acids is 1. The minimum absolute atomic E-state index is 0.0129. The zero-order valence-corrected chi connectivity index (χ0v) is 11.7. The fraction of sp³-hybridized carbons (Fsp3) is 0.571. The van der Waals surface area contributed by atoms with Gasteiger partial charge >= 0.3 is 0 Å². The highest BCUT2D eigenvalue weighted by atomic mass is 16.5. The Morgan fingerprint density at radius 3 is 2.89 bits per heavy atom. The maximum atomic E-state index is 12.5. The van der Waals surface area contributed by atoms with Crippen LogP contribution in [0.2, 0.25) is 0 Å². The van der Waals surface area contributed by atoms with Gasteiger partial charge in [-0.2, -0.15) is 0 Å². The molecule has 19 heavy (non-hydrogen) atoms. The highest BCUT2D eigenvalue weighted by molar-refractivity contribution is 5.95. The molecule has 1 aliphatic heterocycles. The Morgan fingerprint density at radius 2 is 2.26 bits per heavy atom. The molecule has 2 rings (SSSR count). The van der Waals surface area contributed by atoms with Crippen molar-refractivity contribution in [3.05, 3.63) is 29.1 Å². The highest BCUT2D eigenvalue weighted by Gasteiger charge is 2.27. The van der Waals surface area contributed by atoms with Gasteiger partial charge in [-0.1, -0.05) is 0 Å². The molecular formula is C14H21N3O2. The van der Waals surface area contributed by atoms with E-state index >= 15 is 0 Å². The van der Waals surface area contributed by atoms with Gasteiger partial charge in [0.1, 0.15) is 0 Å². The van der Waals surface area contributed by atoms with Gasteiger partial charge in [0.25, 0.3) is 5.91 Å². The molecule has 0 spiro atoms. The number of hydrogen-bond acceptors (Lipinski definition) is 4. The lowest BCUT2D eigenvalue weighted by molar-refractivity contribution is -0.0300. The van der Waals surface area contributed by atoms with Gasteiger partial charge in [-0.25, -0.2) is 0 Å². The Labute approximate surface area is 113 Å². The molecule has 0 aliphatic carbocycles. The maximum absolute atomic E-state index is 12.5. The number of amides is 1. The Hall–Kier alpha value is -1.46. The van der Waals surface area contributed by atoms with Crippen molar-refractivity contribution in [2.45, 2.75) is 32.9 Å². The van der Waals surface area contributed by atoms with Gasteiger partial charge in [0.05, 0.1) is 24.0 Å². The van der Waals surface area contributed by atoms with Crippen LogP contribution >= 0.6 is 0 Å². The summed E-state index contributed by atoms with van der Waals surface area (Å²) in [6.45, 7) is 7.37. The Kier molecular flexibility index (Phi) is 4.17. The summed E-state index contributed by atoms with van der Waals surface area (Å²) < 4.78 is 5.57. The third-order valence-corrected chi connectivity index (χ3v) is 3.42.